The molecular formula is C20H15FN2O3. The molecule has 0 spiro atoms. The molecule has 0 radical (unpaired) electrons. The molecule has 0 aliphatic heterocycles. The molecule has 6 heteroatoms. The number of anilines is 1. The van der Waals surface area contributed by atoms with Crippen molar-refractivity contribution in [1.82, 2.24) is 0 Å². The molecule has 5 nitrogen and oxygen atoms in total. The highest BCUT2D eigenvalue weighted by molar-refractivity contribution is 6.12. The molecule has 0 fully saturated rings. The van der Waals surface area contributed by atoms with Crippen LogP contribution in [-0.4, -0.2) is 10.7 Å². The van der Waals surface area contributed by atoms with Crippen LogP contribution < -0.4 is 5.32 Å². The van der Waals surface area contributed by atoms with Crippen LogP contribution in [0.15, 0.2) is 72.8 Å². The number of rotatable bonds is 6. The van der Waals surface area contributed by atoms with Gasteiger partial charge in [-0.2, -0.15) is 0 Å². The minimum atomic E-state index is -0.634. The van der Waals surface area contributed by atoms with Crippen molar-refractivity contribution in [3.05, 3.63) is 105 Å². The smallest absolute Gasteiger partial charge is 0.271 e. The number of nitro benzene ring substituents is 1. The average Bonchev–Trinajstić information content (AvgIpc) is 2.67. The van der Waals surface area contributed by atoms with E-state index >= 15 is 0 Å². The Morgan fingerprint density at radius 1 is 0.962 bits per heavy atom. The van der Waals surface area contributed by atoms with Gasteiger partial charge in [0.25, 0.3) is 5.69 Å². The van der Waals surface area contributed by atoms with Crippen molar-refractivity contribution in [3.63, 3.8) is 0 Å². The minimum absolute atomic E-state index is 0.0795. The zero-order chi connectivity index (χ0) is 18.5. The van der Waals surface area contributed by atoms with Crippen molar-refractivity contribution in [1.29, 1.82) is 0 Å². The molecule has 0 saturated carbocycles. The standard InChI is InChI=1S/C20H15FN2O3/c21-18-9-5-4-8-16(18)20(24)17-11-10-15(23(25)26)12-19(17)22-13-14-6-2-1-3-7-14/h1-12,22H,13H2. The SMILES string of the molecule is O=C(c1ccccc1F)c1ccc([N+](=O)[O-])cc1NCc1ccccc1. The Labute approximate surface area is 149 Å². The quantitative estimate of drug-likeness (QED) is 0.401. The molecule has 1 N–H and O–H groups in total. The number of hydrogen-bond donors (Lipinski definition) is 1. The normalized spacial score (nSPS) is 10.3. The molecule has 0 saturated heterocycles. The summed E-state index contributed by atoms with van der Waals surface area (Å²) in [4.78, 5) is 23.3. The fourth-order valence-electron chi connectivity index (χ4n) is 2.57. The number of nitrogens with one attached hydrogen (secondary N) is 1. The lowest BCUT2D eigenvalue weighted by atomic mass is 10.0. The van der Waals surface area contributed by atoms with Gasteiger partial charge >= 0.3 is 0 Å². The van der Waals surface area contributed by atoms with Gasteiger partial charge in [0.15, 0.2) is 5.78 Å². The number of hydrogen-bond acceptors (Lipinski definition) is 4. The third-order valence-corrected chi connectivity index (χ3v) is 3.90. The Bertz CT molecular complexity index is 958. The number of non-ortho nitro benzene ring substituents is 1. The largest absolute Gasteiger partial charge is 0.380 e. The number of nitro groups is 1. The third-order valence-electron chi connectivity index (χ3n) is 3.90. The molecular weight excluding hydrogens is 335 g/mol. The Balaban J connectivity index is 1.97. The lowest BCUT2D eigenvalue weighted by molar-refractivity contribution is -0.384. The summed E-state index contributed by atoms with van der Waals surface area (Å²) in [6.45, 7) is 0.375. The molecule has 0 atom stereocenters. The average molecular weight is 350 g/mol. The highest BCUT2D eigenvalue weighted by Crippen LogP contribution is 2.26. The summed E-state index contributed by atoms with van der Waals surface area (Å²) in [6.07, 6.45) is 0. The molecule has 26 heavy (non-hydrogen) atoms. The van der Waals surface area contributed by atoms with Crippen LogP contribution in [0.25, 0.3) is 0 Å². The van der Waals surface area contributed by atoms with Crippen molar-refractivity contribution in [2.24, 2.45) is 0 Å². The lowest BCUT2D eigenvalue weighted by Gasteiger charge is -2.12. The molecule has 0 aromatic heterocycles. The van der Waals surface area contributed by atoms with Crippen LogP contribution in [0.1, 0.15) is 21.5 Å². The first-order valence-corrected chi connectivity index (χ1v) is 7.92. The van der Waals surface area contributed by atoms with Crippen molar-refractivity contribution in [3.8, 4) is 0 Å². The molecule has 0 aliphatic carbocycles. The Hall–Kier alpha value is -3.54. The van der Waals surface area contributed by atoms with Crippen molar-refractivity contribution >= 4 is 17.2 Å². The summed E-state index contributed by atoms with van der Waals surface area (Å²) in [5.41, 5.74) is 1.19. The van der Waals surface area contributed by atoms with E-state index in [1.54, 1.807) is 6.07 Å². The monoisotopic (exact) mass is 350 g/mol. The van der Waals surface area contributed by atoms with Gasteiger partial charge in [0.05, 0.1) is 16.2 Å². The molecule has 0 aliphatic rings. The Morgan fingerprint density at radius 3 is 2.35 bits per heavy atom. The molecule has 3 aromatic carbocycles. The van der Waals surface area contributed by atoms with Crippen molar-refractivity contribution in [2.45, 2.75) is 6.54 Å². The van der Waals surface area contributed by atoms with Gasteiger partial charge in [0.2, 0.25) is 0 Å². The summed E-state index contributed by atoms with van der Waals surface area (Å²) >= 11 is 0. The van der Waals surface area contributed by atoms with Crippen LogP contribution in [0, 0.1) is 15.9 Å². The van der Waals surface area contributed by atoms with Crippen LogP contribution in [-0.2, 0) is 6.54 Å². The highest BCUT2D eigenvalue weighted by Gasteiger charge is 2.19. The Morgan fingerprint density at radius 2 is 1.65 bits per heavy atom. The van der Waals surface area contributed by atoms with Gasteiger partial charge in [-0.05, 0) is 23.8 Å². The molecule has 3 rings (SSSR count). The van der Waals surface area contributed by atoms with Crippen molar-refractivity contribution < 1.29 is 14.1 Å². The van der Waals surface area contributed by atoms with E-state index in [1.165, 1.54) is 36.4 Å². The summed E-state index contributed by atoms with van der Waals surface area (Å²) < 4.78 is 14.0. The second-order valence-corrected chi connectivity index (χ2v) is 5.64. The third kappa shape index (κ3) is 3.75. The van der Waals surface area contributed by atoms with Gasteiger partial charge in [-0.25, -0.2) is 4.39 Å². The zero-order valence-corrected chi connectivity index (χ0v) is 13.7. The van der Waals surface area contributed by atoms with Gasteiger partial charge in [0.1, 0.15) is 5.82 Å². The molecule has 0 amide bonds. The number of ketones is 1. The Kier molecular flexibility index (Phi) is 5.03. The summed E-state index contributed by atoms with van der Waals surface area (Å²) in [5, 5.41) is 14.1. The van der Waals surface area contributed by atoms with Gasteiger partial charge in [-0.1, -0.05) is 42.5 Å². The lowest BCUT2D eigenvalue weighted by Crippen LogP contribution is -2.10. The van der Waals surface area contributed by atoms with E-state index in [0.29, 0.717) is 6.54 Å². The topological polar surface area (TPSA) is 72.2 Å². The first-order valence-electron chi connectivity index (χ1n) is 7.92. The number of nitrogens with zero attached hydrogens (tertiary/aromatic N) is 1. The highest BCUT2D eigenvalue weighted by atomic mass is 19.1. The predicted molar refractivity (Wildman–Crippen MR) is 96.7 cm³/mol. The number of carbonyl (C=O) groups excluding carboxylic acids is 1. The van der Waals surface area contributed by atoms with Gasteiger partial charge in [0, 0.05) is 24.2 Å². The molecule has 0 unspecified atom stereocenters. The van der Waals surface area contributed by atoms with Gasteiger partial charge < -0.3 is 5.32 Å². The zero-order valence-electron chi connectivity index (χ0n) is 13.7. The maximum Gasteiger partial charge on any atom is 0.271 e. The summed E-state index contributed by atoms with van der Waals surface area (Å²) in [7, 11) is 0. The number of carbonyl (C=O) groups is 1. The van der Waals surface area contributed by atoms with Gasteiger partial charge in [-0.15, -0.1) is 0 Å². The van der Waals surface area contributed by atoms with E-state index in [9.17, 15) is 19.3 Å². The minimum Gasteiger partial charge on any atom is -0.380 e. The maximum absolute atomic E-state index is 14.0. The van der Waals surface area contributed by atoms with E-state index in [1.807, 2.05) is 30.3 Å². The number of benzene rings is 3. The molecule has 130 valence electrons. The maximum atomic E-state index is 14.0. The fraction of sp³-hybridized carbons (Fsp3) is 0.0500. The van der Waals surface area contributed by atoms with E-state index in [-0.39, 0.29) is 22.5 Å². The van der Waals surface area contributed by atoms with E-state index in [4.69, 9.17) is 0 Å². The number of halogens is 1. The first-order chi connectivity index (χ1) is 12.6. The van der Waals surface area contributed by atoms with E-state index in [2.05, 4.69) is 5.32 Å². The molecule has 0 heterocycles. The van der Waals surface area contributed by atoms with E-state index < -0.39 is 16.5 Å². The van der Waals surface area contributed by atoms with E-state index in [0.717, 1.165) is 5.56 Å². The predicted octanol–water partition coefficient (Wildman–Crippen LogP) is 4.58. The second kappa shape index (κ2) is 7.57. The van der Waals surface area contributed by atoms with Gasteiger partial charge in [-0.3, -0.25) is 14.9 Å². The van der Waals surface area contributed by atoms with Crippen molar-refractivity contribution in [2.75, 3.05) is 5.32 Å². The second-order valence-electron chi connectivity index (χ2n) is 5.64. The molecule has 3 aromatic rings. The van der Waals surface area contributed by atoms with Crippen LogP contribution in [0.4, 0.5) is 15.8 Å². The molecule has 0 bridgehead atoms. The summed E-state index contributed by atoms with van der Waals surface area (Å²) in [5.74, 6) is -1.17. The van der Waals surface area contributed by atoms with Crippen LogP contribution >= 0.6 is 0 Å². The van der Waals surface area contributed by atoms with Crippen LogP contribution in [0.3, 0.4) is 0 Å². The first kappa shape index (κ1) is 17.3. The summed E-state index contributed by atoms with van der Waals surface area (Å²) in [6, 6.07) is 18.9. The van der Waals surface area contributed by atoms with Crippen LogP contribution in [0.2, 0.25) is 0 Å². The fourth-order valence-corrected chi connectivity index (χ4v) is 2.57. The van der Waals surface area contributed by atoms with Crippen LogP contribution in [0.5, 0.6) is 0 Å².